The molecule has 0 spiro atoms. The van der Waals surface area contributed by atoms with Crippen LogP contribution in [0.4, 0.5) is 18.9 Å². The van der Waals surface area contributed by atoms with E-state index in [4.69, 9.17) is 10.00 Å². The van der Waals surface area contributed by atoms with Crippen LogP contribution in [0, 0.1) is 23.2 Å². The summed E-state index contributed by atoms with van der Waals surface area (Å²) in [6, 6.07) is 10.9. The number of benzene rings is 2. The Hall–Kier alpha value is -4.24. The summed E-state index contributed by atoms with van der Waals surface area (Å²) in [6.07, 6.45) is -4.70. The summed E-state index contributed by atoms with van der Waals surface area (Å²) in [4.78, 5) is 52.9. The third-order valence-corrected chi connectivity index (χ3v) is 5.86. The van der Waals surface area contributed by atoms with Gasteiger partial charge in [0, 0.05) is 32.3 Å². The van der Waals surface area contributed by atoms with Crippen LogP contribution in [0.3, 0.4) is 0 Å². The molecular weight excluding hydrogens is 507 g/mol. The summed E-state index contributed by atoms with van der Waals surface area (Å²) in [5.74, 6) is -9.70. The third kappa shape index (κ3) is 7.39. The number of ether oxygens (including phenoxy) is 1. The quantitative estimate of drug-likeness (QED) is 0.423. The van der Waals surface area contributed by atoms with Gasteiger partial charge in [-0.2, -0.15) is 18.4 Å². The van der Waals surface area contributed by atoms with Gasteiger partial charge in [-0.25, -0.2) is 0 Å². The fourth-order valence-electron chi connectivity index (χ4n) is 3.94. The van der Waals surface area contributed by atoms with E-state index in [1.807, 2.05) is 6.07 Å². The largest absolute Gasteiger partial charge is 0.481 e. The van der Waals surface area contributed by atoms with Crippen LogP contribution in [0.5, 0.6) is 0 Å². The molecule has 12 heteroatoms. The first-order chi connectivity index (χ1) is 17.8. The Morgan fingerprint density at radius 3 is 2.24 bits per heavy atom. The van der Waals surface area contributed by atoms with Crippen molar-refractivity contribution in [2.45, 2.75) is 19.0 Å². The minimum atomic E-state index is -4.70. The molecular formula is C26H26F3N3O6. The normalized spacial score (nSPS) is 13.5. The van der Waals surface area contributed by atoms with E-state index < -0.39 is 53.1 Å². The standard InChI is InChI=1S/C26H26F3N3O6/c1-15(33)20(25(36)37)21(17-9-7-16(14-30)8-10-17)22(24(35)32(2)11-12-38-3)23(34)31-19-6-4-5-18(13-19)26(27,28)29/h4-10,13,20-22H,11-12H2,1-3H3,(H,31,34)(H,36,37). The molecule has 0 aromatic heterocycles. The third-order valence-electron chi connectivity index (χ3n) is 5.86. The first kappa shape index (κ1) is 30.0. The fourth-order valence-corrected chi connectivity index (χ4v) is 3.94. The number of alkyl halides is 3. The van der Waals surface area contributed by atoms with E-state index in [1.165, 1.54) is 44.5 Å². The van der Waals surface area contributed by atoms with Crippen LogP contribution >= 0.6 is 0 Å². The number of carbonyl (C=O) groups excluding carboxylic acids is 3. The van der Waals surface area contributed by atoms with Crippen molar-refractivity contribution in [2.75, 3.05) is 32.6 Å². The minimum absolute atomic E-state index is 0.000567. The van der Waals surface area contributed by atoms with Crippen LogP contribution in [0.25, 0.3) is 0 Å². The number of anilines is 1. The molecule has 2 N–H and O–H groups in total. The van der Waals surface area contributed by atoms with E-state index >= 15 is 0 Å². The van der Waals surface area contributed by atoms with Crippen LogP contribution in [0.1, 0.15) is 29.5 Å². The van der Waals surface area contributed by atoms with E-state index in [0.29, 0.717) is 6.07 Å². The second-order valence-corrected chi connectivity index (χ2v) is 8.48. The molecule has 0 aliphatic rings. The Kier molecular flexibility index (Phi) is 10.1. The van der Waals surface area contributed by atoms with Crippen molar-refractivity contribution in [3.05, 3.63) is 65.2 Å². The Labute approximate surface area is 216 Å². The molecule has 2 amide bonds. The van der Waals surface area contributed by atoms with Gasteiger partial charge in [-0.3, -0.25) is 19.2 Å². The summed E-state index contributed by atoms with van der Waals surface area (Å²) in [7, 11) is 2.72. The van der Waals surface area contributed by atoms with Crippen molar-refractivity contribution in [3.63, 3.8) is 0 Å². The topological polar surface area (TPSA) is 137 Å². The Morgan fingerprint density at radius 2 is 1.74 bits per heavy atom. The smallest absolute Gasteiger partial charge is 0.416 e. The van der Waals surface area contributed by atoms with E-state index in [1.54, 1.807) is 0 Å². The lowest BCUT2D eigenvalue weighted by atomic mass is 9.73. The maximum absolute atomic E-state index is 13.6. The maximum atomic E-state index is 13.6. The molecule has 0 aliphatic heterocycles. The highest BCUT2D eigenvalue weighted by atomic mass is 19.4. The lowest BCUT2D eigenvalue weighted by molar-refractivity contribution is -0.149. The van der Waals surface area contributed by atoms with Crippen LogP contribution in [-0.4, -0.2) is 60.9 Å². The number of likely N-dealkylation sites (N-methyl/N-ethyl adjacent to an activating group) is 1. The van der Waals surface area contributed by atoms with Gasteiger partial charge in [0.05, 0.1) is 23.8 Å². The molecule has 0 saturated carbocycles. The highest BCUT2D eigenvalue weighted by Crippen LogP contribution is 2.36. The Morgan fingerprint density at radius 1 is 1.11 bits per heavy atom. The second kappa shape index (κ2) is 12.8. The van der Waals surface area contributed by atoms with Crippen molar-refractivity contribution in [2.24, 2.45) is 11.8 Å². The predicted octanol–water partition coefficient (Wildman–Crippen LogP) is 3.31. The zero-order chi connectivity index (χ0) is 28.6. The van der Waals surface area contributed by atoms with Crippen LogP contribution in [0.15, 0.2) is 48.5 Å². The van der Waals surface area contributed by atoms with Crippen LogP contribution < -0.4 is 5.32 Å². The van der Waals surface area contributed by atoms with Crippen molar-refractivity contribution >= 4 is 29.3 Å². The lowest BCUT2D eigenvalue weighted by Crippen LogP contribution is -2.47. The molecule has 202 valence electrons. The number of amides is 2. The molecule has 2 rings (SSSR count). The van der Waals surface area contributed by atoms with E-state index in [9.17, 15) is 37.5 Å². The number of methoxy groups -OCH3 is 1. The summed E-state index contributed by atoms with van der Waals surface area (Å²) in [5, 5.41) is 21.3. The number of aliphatic carboxylic acids is 1. The number of ketones is 1. The van der Waals surface area contributed by atoms with Gasteiger partial charge in [0.25, 0.3) is 0 Å². The zero-order valence-corrected chi connectivity index (χ0v) is 20.8. The molecule has 2 aromatic rings. The molecule has 2 aromatic carbocycles. The SMILES string of the molecule is COCCN(C)C(=O)C(C(=O)Nc1cccc(C(F)(F)F)c1)C(c1ccc(C#N)cc1)C(C(C)=O)C(=O)O. The number of carboxylic acid groups (broad SMARTS) is 1. The molecule has 3 atom stereocenters. The van der Waals surface area contributed by atoms with Crippen molar-refractivity contribution in [1.29, 1.82) is 5.26 Å². The summed E-state index contributed by atoms with van der Waals surface area (Å²) >= 11 is 0. The number of nitrogens with one attached hydrogen (secondary N) is 1. The molecule has 0 heterocycles. The Balaban J connectivity index is 2.68. The van der Waals surface area contributed by atoms with Crippen LogP contribution in [0.2, 0.25) is 0 Å². The van der Waals surface area contributed by atoms with E-state index in [0.717, 1.165) is 24.0 Å². The molecule has 0 aliphatic carbocycles. The second-order valence-electron chi connectivity index (χ2n) is 8.48. The van der Waals surface area contributed by atoms with Gasteiger partial charge in [0.1, 0.15) is 17.6 Å². The molecule has 0 bridgehead atoms. The Bertz CT molecular complexity index is 1210. The predicted molar refractivity (Wildman–Crippen MR) is 129 cm³/mol. The highest BCUT2D eigenvalue weighted by molar-refractivity contribution is 6.09. The van der Waals surface area contributed by atoms with Crippen molar-refractivity contribution in [3.8, 4) is 6.07 Å². The zero-order valence-electron chi connectivity index (χ0n) is 20.8. The summed E-state index contributed by atoms with van der Waals surface area (Å²) in [5.41, 5.74) is -1.03. The molecule has 0 fully saturated rings. The highest BCUT2D eigenvalue weighted by Gasteiger charge is 2.46. The maximum Gasteiger partial charge on any atom is 0.416 e. The van der Waals surface area contributed by atoms with Gasteiger partial charge in [-0.15, -0.1) is 0 Å². The van der Waals surface area contributed by atoms with Gasteiger partial charge in [0.15, 0.2) is 0 Å². The van der Waals surface area contributed by atoms with Crippen molar-refractivity contribution in [1.82, 2.24) is 4.90 Å². The van der Waals surface area contributed by atoms with E-state index in [-0.39, 0.29) is 30.0 Å². The van der Waals surface area contributed by atoms with Gasteiger partial charge in [-0.1, -0.05) is 18.2 Å². The van der Waals surface area contributed by atoms with E-state index in [2.05, 4.69) is 5.32 Å². The summed E-state index contributed by atoms with van der Waals surface area (Å²) in [6.45, 7) is 1.07. The van der Waals surface area contributed by atoms with Crippen LogP contribution in [-0.2, 0) is 30.1 Å². The molecule has 9 nitrogen and oxygen atoms in total. The number of nitriles is 1. The minimum Gasteiger partial charge on any atom is -0.481 e. The van der Waals surface area contributed by atoms with Gasteiger partial charge in [-0.05, 0) is 42.8 Å². The molecule has 0 radical (unpaired) electrons. The number of hydrogen-bond donors (Lipinski definition) is 2. The number of halogens is 3. The molecule has 0 saturated heterocycles. The lowest BCUT2D eigenvalue weighted by Gasteiger charge is -2.32. The van der Waals surface area contributed by atoms with Gasteiger partial charge < -0.3 is 20.1 Å². The average Bonchev–Trinajstić information content (AvgIpc) is 2.86. The first-order valence-electron chi connectivity index (χ1n) is 11.3. The summed E-state index contributed by atoms with van der Waals surface area (Å²) < 4.78 is 44.6. The fraction of sp³-hybridized carbons (Fsp3) is 0.346. The average molecular weight is 534 g/mol. The molecule has 38 heavy (non-hydrogen) atoms. The number of carbonyl (C=O) groups is 4. The molecule has 3 unspecified atom stereocenters. The number of nitrogens with zero attached hydrogens (tertiary/aromatic N) is 2. The van der Waals surface area contributed by atoms with Gasteiger partial charge in [0.2, 0.25) is 11.8 Å². The van der Waals surface area contributed by atoms with Crippen molar-refractivity contribution < 1.29 is 42.2 Å². The number of rotatable bonds is 11. The number of carboxylic acids is 1. The first-order valence-corrected chi connectivity index (χ1v) is 11.3. The number of hydrogen-bond acceptors (Lipinski definition) is 6. The number of Topliss-reactive ketones (excluding diaryl/α,β-unsaturated/α-hetero) is 1. The van der Waals surface area contributed by atoms with Gasteiger partial charge >= 0.3 is 12.1 Å². The monoisotopic (exact) mass is 533 g/mol.